The van der Waals surface area contributed by atoms with E-state index in [9.17, 15) is 23.2 Å². The van der Waals surface area contributed by atoms with Gasteiger partial charge < -0.3 is 15.5 Å². The van der Waals surface area contributed by atoms with Gasteiger partial charge in [-0.2, -0.15) is 0 Å². The standard InChI is InChI=1S/C26H24F2N4O3S/c27-18-10-15(11-19(28)13-18)12-23(33)32-9-1-2-22(32)25(35)31-26-30-21(14-36-26)16-3-5-17(6-4-16)24(34)29-20-7-8-20/h3-6,10-11,13-14,20,22H,1-2,7-9,12H2,(H,29,34)(H,30,31,35). The van der Waals surface area contributed by atoms with E-state index in [4.69, 9.17) is 0 Å². The molecule has 1 saturated heterocycles. The van der Waals surface area contributed by atoms with Gasteiger partial charge in [-0.15, -0.1) is 11.3 Å². The highest BCUT2D eigenvalue weighted by atomic mass is 32.1. The Morgan fingerprint density at radius 2 is 1.75 bits per heavy atom. The molecule has 1 unspecified atom stereocenters. The molecule has 2 fully saturated rings. The van der Waals surface area contributed by atoms with E-state index < -0.39 is 17.7 Å². The first-order chi connectivity index (χ1) is 17.4. The molecule has 2 aromatic carbocycles. The molecule has 1 saturated carbocycles. The normalized spacial score (nSPS) is 17.2. The predicted octanol–water partition coefficient (Wildman–Crippen LogP) is 4.15. The van der Waals surface area contributed by atoms with Crippen LogP contribution in [0, 0.1) is 11.6 Å². The van der Waals surface area contributed by atoms with Crippen LogP contribution in [-0.2, 0) is 16.0 Å². The highest BCUT2D eigenvalue weighted by Gasteiger charge is 2.34. The minimum Gasteiger partial charge on any atom is -0.349 e. The van der Waals surface area contributed by atoms with Gasteiger partial charge in [-0.1, -0.05) is 12.1 Å². The SMILES string of the molecule is O=C(NC1CC1)c1ccc(-c2csc(NC(=O)C3CCCN3C(=O)Cc3cc(F)cc(F)c3)n2)cc1. The minimum atomic E-state index is -0.746. The maximum Gasteiger partial charge on any atom is 0.251 e. The fourth-order valence-electron chi connectivity index (χ4n) is 4.27. The van der Waals surface area contributed by atoms with Crippen molar-refractivity contribution in [2.24, 2.45) is 0 Å². The lowest BCUT2D eigenvalue weighted by Gasteiger charge is -2.23. The van der Waals surface area contributed by atoms with E-state index in [1.54, 1.807) is 12.1 Å². The molecular formula is C26H24F2N4O3S. The van der Waals surface area contributed by atoms with Crippen molar-refractivity contribution in [3.8, 4) is 11.3 Å². The third-order valence-electron chi connectivity index (χ3n) is 6.24. The number of amides is 3. The molecule has 1 aliphatic heterocycles. The van der Waals surface area contributed by atoms with Gasteiger partial charge >= 0.3 is 0 Å². The second kappa shape index (κ2) is 10.1. The molecule has 1 aromatic heterocycles. The number of hydrogen-bond acceptors (Lipinski definition) is 5. The maximum absolute atomic E-state index is 13.5. The molecule has 36 heavy (non-hydrogen) atoms. The van der Waals surface area contributed by atoms with Gasteiger partial charge in [0, 0.05) is 35.2 Å². The molecule has 2 N–H and O–H groups in total. The molecule has 10 heteroatoms. The highest BCUT2D eigenvalue weighted by Crippen LogP contribution is 2.27. The fraction of sp³-hybridized carbons (Fsp3) is 0.308. The summed E-state index contributed by atoms with van der Waals surface area (Å²) in [5.74, 6) is -2.29. The van der Waals surface area contributed by atoms with Crippen molar-refractivity contribution < 1.29 is 23.2 Å². The summed E-state index contributed by atoms with van der Waals surface area (Å²) >= 11 is 1.27. The first-order valence-electron chi connectivity index (χ1n) is 11.8. The second-order valence-electron chi connectivity index (χ2n) is 9.05. The molecule has 0 radical (unpaired) electrons. The van der Waals surface area contributed by atoms with Crippen LogP contribution in [0.25, 0.3) is 11.3 Å². The molecule has 0 spiro atoms. The van der Waals surface area contributed by atoms with E-state index in [-0.39, 0.29) is 35.7 Å². The number of rotatable bonds is 7. The number of aromatic nitrogens is 1. The van der Waals surface area contributed by atoms with Crippen LogP contribution in [0.3, 0.4) is 0 Å². The van der Waals surface area contributed by atoms with Gasteiger partial charge in [0.05, 0.1) is 12.1 Å². The molecule has 0 bridgehead atoms. The van der Waals surface area contributed by atoms with E-state index in [0.717, 1.165) is 36.6 Å². The van der Waals surface area contributed by atoms with Gasteiger partial charge in [0.25, 0.3) is 5.91 Å². The average molecular weight is 511 g/mol. The van der Waals surface area contributed by atoms with E-state index in [2.05, 4.69) is 15.6 Å². The van der Waals surface area contributed by atoms with Crippen LogP contribution < -0.4 is 10.6 Å². The highest BCUT2D eigenvalue weighted by molar-refractivity contribution is 7.14. The summed E-state index contributed by atoms with van der Waals surface area (Å²) in [7, 11) is 0. The van der Waals surface area contributed by atoms with Gasteiger partial charge in [-0.05, 0) is 55.5 Å². The molecule has 2 heterocycles. The molecule has 3 amide bonds. The summed E-state index contributed by atoms with van der Waals surface area (Å²) < 4.78 is 27.0. The molecule has 2 aliphatic rings. The lowest BCUT2D eigenvalue weighted by atomic mass is 10.1. The number of halogens is 2. The van der Waals surface area contributed by atoms with Gasteiger partial charge in [0.1, 0.15) is 17.7 Å². The largest absolute Gasteiger partial charge is 0.349 e. The summed E-state index contributed by atoms with van der Waals surface area (Å²) in [6, 6.07) is 9.73. The summed E-state index contributed by atoms with van der Waals surface area (Å²) in [4.78, 5) is 43.8. The van der Waals surface area contributed by atoms with Gasteiger partial charge in [0.15, 0.2) is 5.13 Å². The van der Waals surface area contributed by atoms with Crippen LogP contribution in [0.4, 0.5) is 13.9 Å². The lowest BCUT2D eigenvalue weighted by molar-refractivity contribution is -0.136. The van der Waals surface area contributed by atoms with E-state index in [1.807, 2.05) is 17.5 Å². The van der Waals surface area contributed by atoms with Crippen LogP contribution in [0.1, 0.15) is 41.6 Å². The number of carbonyl (C=O) groups excluding carboxylic acids is 3. The summed E-state index contributed by atoms with van der Waals surface area (Å²) in [6.45, 7) is 0.401. The third-order valence-corrected chi connectivity index (χ3v) is 7.00. The lowest BCUT2D eigenvalue weighted by Crippen LogP contribution is -2.43. The van der Waals surface area contributed by atoms with Crippen molar-refractivity contribution in [2.45, 2.75) is 44.2 Å². The Morgan fingerprint density at radius 1 is 1.03 bits per heavy atom. The Morgan fingerprint density at radius 3 is 2.44 bits per heavy atom. The monoisotopic (exact) mass is 510 g/mol. The van der Waals surface area contributed by atoms with E-state index in [1.165, 1.54) is 16.2 Å². The Kier molecular flexibility index (Phi) is 6.77. The molecular weight excluding hydrogens is 486 g/mol. The number of nitrogens with zero attached hydrogens (tertiary/aromatic N) is 2. The topological polar surface area (TPSA) is 91.4 Å². The van der Waals surface area contributed by atoms with Crippen LogP contribution in [0.15, 0.2) is 47.8 Å². The number of nitrogens with one attached hydrogen (secondary N) is 2. The molecule has 186 valence electrons. The molecule has 5 rings (SSSR count). The molecule has 7 nitrogen and oxygen atoms in total. The van der Waals surface area contributed by atoms with Crippen molar-refractivity contribution in [1.82, 2.24) is 15.2 Å². The minimum absolute atomic E-state index is 0.0894. The summed E-state index contributed by atoms with van der Waals surface area (Å²) in [5.41, 5.74) is 2.29. The van der Waals surface area contributed by atoms with Crippen molar-refractivity contribution in [1.29, 1.82) is 0 Å². The Bertz CT molecular complexity index is 1290. The van der Waals surface area contributed by atoms with Crippen molar-refractivity contribution in [3.05, 3.63) is 70.6 Å². The number of thiazole rings is 1. The quantitative estimate of drug-likeness (QED) is 0.500. The Hall–Kier alpha value is -3.66. The van der Waals surface area contributed by atoms with Crippen LogP contribution >= 0.6 is 11.3 Å². The smallest absolute Gasteiger partial charge is 0.251 e. The zero-order valence-electron chi connectivity index (χ0n) is 19.3. The maximum atomic E-state index is 13.5. The first-order valence-corrected chi connectivity index (χ1v) is 12.7. The number of anilines is 1. The molecule has 1 aliphatic carbocycles. The zero-order valence-corrected chi connectivity index (χ0v) is 20.1. The molecule has 3 aromatic rings. The number of likely N-dealkylation sites (tertiary alicyclic amines) is 1. The van der Waals surface area contributed by atoms with Crippen molar-refractivity contribution in [2.75, 3.05) is 11.9 Å². The Labute approximate surface area is 210 Å². The Balaban J connectivity index is 1.20. The van der Waals surface area contributed by atoms with E-state index >= 15 is 0 Å². The predicted molar refractivity (Wildman–Crippen MR) is 131 cm³/mol. The summed E-state index contributed by atoms with van der Waals surface area (Å²) in [5, 5.41) is 7.95. The van der Waals surface area contributed by atoms with Crippen LogP contribution in [-0.4, -0.2) is 46.2 Å². The van der Waals surface area contributed by atoms with Gasteiger partial charge in [-0.3, -0.25) is 14.4 Å². The number of hydrogen-bond donors (Lipinski definition) is 2. The van der Waals surface area contributed by atoms with Gasteiger partial charge in [-0.25, -0.2) is 13.8 Å². The van der Waals surface area contributed by atoms with Crippen molar-refractivity contribution in [3.63, 3.8) is 0 Å². The summed E-state index contributed by atoms with van der Waals surface area (Å²) in [6.07, 6.45) is 3.02. The molecule has 1 atom stereocenters. The first kappa shape index (κ1) is 24.1. The number of carbonyl (C=O) groups is 3. The number of benzene rings is 2. The third kappa shape index (κ3) is 5.59. The van der Waals surface area contributed by atoms with Gasteiger partial charge in [0.2, 0.25) is 11.8 Å². The average Bonchev–Trinajstić information content (AvgIpc) is 3.31. The van der Waals surface area contributed by atoms with Crippen LogP contribution in [0.5, 0.6) is 0 Å². The van der Waals surface area contributed by atoms with Crippen LogP contribution in [0.2, 0.25) is 0 Å². The second-order valence-corrected chi connectivity index (χ2v) is 9.91. The van der Waals surface area contributed by atoms with E-state index in [0.29, 0.717) is 35.8 Å². The zero-order chi connectivity index (χ0) is 25.2. The fourth-order valence-corrected chi connectivity index (χ4v) is 4.99. The van der Waals surface area contributed by atoms with Crippen molar-refractivity contribution >= 4 is 34.2 Å².